The second-order valence-electron chi connectivity index (χ2n) is 10.2. The number of halogens is 9. The van der Waals surface area contributed by atoms with Crippen molar-refractivity contribution in [3.63, 3.8) is 0 Å². The van der Waals surface area contributed by atoms with Gasteiger partial charge in [0.05, 0.1) is 22.4 Å². The molecule has 38 heavy (non-hydrogen) atoms. The molecule has 3 rings (SSSR count). The van der Waals surface area contributed by atoms with Crippen LogP contribution in [0, 0.1) is 0 Å². The highest BCUT2D eigenvalue weighted by atomic mass is 19.4. The summed E-state index contributed by atoms with van der Waals surface area (Å²) in [6.45, 7) is 6.27. The van der Waals surface area contributed by atoms with E-state index in [1.165, 1.54) is 6.92 Å². The van der Waals surface area contributed by atoms with Crippen LogP contribution in [0.2, 0.25) is 0 Å². The summed E-state index contributed by atoms with van der Waals surface area (Å²) in [5, 5.41) is 0. The molecule has 1 aliphatic heterocycles. The molecule has 0 saturated heterocycles. The first kappa shape index (κ1) is 29.6. The fraction of sp³-hybridized carbons (Fsp3) is 0.480. The second kappa shape index (κ2) is 9.65. The Morgan fingerprint density at radius 3 is 1.82 bits per heavy atom. The van der Waals surface area contributed by atoms with Crippen LogP contribution in [0.4, 0.5) is 50.0 Å². The van der Waals surface area contributed by atoms with Crippen molar-refractivity contribution < 1.29 is 49.0 Å². The summed E-state index contributed by atoms with van der Waals surface area (Å²) >= 11 is 0. The highest BCUT2D eigenvalue weighted by molar-refractivity contribution is 5.90. The predicted molar refractivity (Wildman–Crippen MR) is 120 cm³/mol. The van der Waals surface area contributed by atoms with Crippen LogP contribution in [0.5, 0.6) is 0 Å². The van der Waals surface area contributed by atoms with Crippen LogP contribution in [0.25, 0.3) is 0 Å². The Morgan fingerprint density at radius 1 is 0.868 bits per heavy atom. The summed E-state index contributed by atoms with van der Waals surface area (Å²) in [7, 11) is 0. The van der Waals surface area contributed by atoms with Gasteiger partial charge in [0.2, 0.25) is 0 Å². The van der Waals surface area contributed by atoms with Gasteiger partial charge in [-0.3, -0.25) is 4.90 Å². The maximum absolute atomic E-state index is 13.5. The molecule has 0 bridgehead atoms. The Balaban J connectivity index is 2.19. The normalized spacial score (nSPS) is 19.7. The monoisotopic (exact) mass is 556 g/mol. The highest BCUT2D eigenvalue weighted by Gasteiger charge is 2.42. The summed E-state index contributed by atoms with van der Waals surface area (Å²) in [5.41, 5.74) is 0.196. The van der Waals surface area contributed by atoms with E-state index in [4.69, 9.17) is 10.5 Å². The average Bonchev–Trinajstić information content (AvgIpc) is 2.74. The summed E-state index contributed by atoms with van der Waals surface area (Å²) in [6.07, 6.45) is -16.1. The van der Waals surface area contributed by atoms with E-state index < -0.39 is 70.5 Å². The van der Waals surface area contributed by atoms with Gasteiger partial charge in [-0.05, 0) is 81.6 Å². The molecule has 0 unspecified atom stereocenters. The van der Waals surface area contributed by atoms with Crippen molar-refractivity contribution >= 4 is 11.8 Å². The first-order chi connectivity index (χ1) is 17.1. The quantitative estimate of drug-likeness (QED) is 0.381. The number of ether oxygens (including phenoxy) is 1. The fourth-order valence-electron chi connectivity index (χ4n) is 4.42. The Bertz CT molecular complexity index is 1170. The Kier molecular flexibility index (Phi) is 7.52. The molecule has 2 N–H and O–H groups in total. The van der Waals surface area contributed by atoms with Crippen molar-refractivity contribution in [2.24, 2.45) is 5.73 Å². The lowest BCUT2D eigenvalue weighted by molar-refractivity contribution is -0.143. The second-order valence-corrected chi connectivity index (χ2v) is 10.2. The van der Waals surface area contributed by atoms with Gasteiger partial charge in [-0.1, -0.05) is 0 Å². The molecule has 2 aromatic carbocycles. The van der Waals surface area contributed by atoms with Gasteiger partial charge in [-0.25, -0.2) is 4.79 Å². The van der Waals surface area contributed by atoms with E-state index in [1.807, 2.05) is 0 Å². The van der Waals surface area contributed by atoms with Gasteiger partial charge in [0.1, 0.15) is 5.60 Å². The summed E-state index contributed by atoms with van der Waals surface area (Å²) in [6, 6.07) is 0.979. The Labute approximate surface area is 212 Å². The lowest BCUT2D eigenvalue weighted by atomic mass is 9.78. The summed E-state index contributed by atoms with van der Waals surface area (Å²) < 4.78 is 126. The van der Waals surface area contributed by atoms with Crippen molar-refractivity contribution in [1.82, 2.24) is 0 Å². The number of carbonyl (C=O) groups excluding carboxylic acids is 1. The van der Waals surface area contributed by atoms with Crippen LogP contribution in [0.1, 0.15) is 73.9 Å². The van der Waals surface area contributed by atoms with Gasteiger partial charge in [0.25, 0.3) is 0 Å². The zero-order valence-electron chi connectivity index (χ0n) is 20.6. The zero-order chi connectivity index (χ0) is 29.0. The first-order valence-electron chi connectivity index (χ1n) is 11.4. The van der Waals surface area contributed by atoms with E-state index in [-0.39, 0.29) is 23.7 Å². The van der Waals surface area contributed by atoms with Gasteiger partial charge < -0.3 is 10.5 Å². The number of hydrogen-bond donors (Lipinski definition) is 1. The van der Waals surface area contributed by atoms with Crippen molar-refractivity contribution in [1.29, 1.82) is 0 Å². The molecule has 1 amide bonds. The first-order valence-corrected chi connectivity index (χ1v) is 11.4. The number of nitrogens with two attached hydrogens (primary N) is 1. The van der Waals surface area contributed by atoms with E-state index in [9.17, 15) is 44.3 Å². The highest BCUT2D eigenvalue weighted by Crippen LogP contribution is 2.47. The van der Waals surface area contributed by atoms with Crippen LogP contribution in [-0.2, 0) is 23.3 Å². The van der Waals surface area contributed by atoms with Crippen LogP contribution in [0.3, 0.4) is 0 Å². The molecule has 0 aliphatic carbocycles. The number of benzene rings is 2. The Morgan fingerprint density at radius 2 is 1.37 bits per heavy atom. The van der Waals surface area contributed by atoms with Gasteiger partial charge in [0.15, 0.2) is 0 Å². The maximum atomic E-state index is 13.5. The number of nitrogens with zero attached hydrogens (tertiary/aromatic N) is 1. The Hall–Kier alpha value is -2.96. The molecule has 0 saturated carbocycles. The van der Waals surface area contributed by atoms with Crippen molar-refractivity contribution in [3.05, 3.63) is 64.2 Å². The van der Waals surface area contributed by atoms with E-state index >= 15 is 0 Å². The number of fused-ring (bicyclic) bond motifs is 1. The van der Waals surface area contributed by atoms with E-state index in [0.29, 0.717) is 18.2 Å². The molecule has 1 aliphatic rings. The number of hydrogen-bond acceptors (Lipinski definition) is 3. The molecule has 210 valence electrons. The van der Waals surface area contributed by atoms with Crippen LogP contribution >= 0.6 is 0 Å². The minimum atomic E-state index is -5.13. The number of alkyl halides is 9. The molecule has 0 aromatic heterocycles. The molecular weight excluding hydrogens is 531 g/mol. The van der Waals surface area contributed by atoms with Crippen molar-refractivity contribution in [3.8, 4) is 0 Å². The number of carbonyl (C=O) groups is 1. The third kappa shape index (κ3) is 6.36. The summed E-state index contributed by atoms with van der Waals surface area (Å²) in [5.74, 6) is -1.16. The lowest BCUT2D eigenvalue weighted by Crippen LogP contribution is -2.47. The van der Waals surface area contributed by atoms with E-state index in [1.54, 1.807) is 20.8 Å². The van der Waals surface area contributed by atoms with Crippen LogP contribution in [0.15, 0.2) is 36.4 Å². The average molecular weight is 556 g/mol. The molecule has 0 spiro atoms. The largest absolute Gasteiger partial charge is 0.443 e. The van der Waals surface area contributed by atoms with Gasteiger partial charge in [0, 0.05) is 18.0 Å². The molecule has 2 aromatic rings. The number of amides is 1. The molecule has 1 heterocycles. The lowest BCUT2D eigenvalue weighted by Gasteiger charge is -2.42. The van der Waals surface area contributed by atoms with Gasteiger partial charge in [-0.2, -0.15) is 39.5 Å². The van der Waals surface area contributed by atoms with Gasteiger partial charge >= 0.3 is 24.6 Å². The smallest absolute Gasteiger partial charge is 0.416 e. The predicted octanol–water partition coefficient (Wildman–Crippen LogP) is 8.06. The minimum Gasteiger partial charge on any atom is -0.443 e. The fourth-order valence-corrected chi connectivity index (χ4v) is 4.42. The van der Waals surface area contributed by atoms with E-state index in [0.717, 1.165) is 17.0 Å². The van der Waals surface area contributed by atoms with Crippen molar-refractivity contribution in [2.45, 2.75) is 76.2 Å². The summed E-state index contributed by atoms with van der Waals surface area (Å²) in [4.78, 5) is 14.0. The molecule has 0 radical (unpaired) electrons. The number of anilines is 1. The van der Waals surface area contributed by atoms with E-state index in [2.05, 4.69) is 0 Å². The third-order valence-electron chi connectivity index (χ3n) is 6.07. The molecular formula is C25H25F9N2O2. The zero-order valence-corrected chi connectivity index (χ0v) is 20.6. The third-order valence-corrected chi connectivity index (χ3v) is 6.07. The molecule has 0 fully saturated rings. The topological polar surface area (TPSA) is 55.6 Å². The number of rotatable bonds is 2. The van der Waals surface area contributed by atoms with Crippen LogP contribution < -0.4 is 10.6 Å². The molecule has 4 nitrogen and oxygen atoms in total. The van der Waals surface area contributed by atoms with Gasteiger partial charge in [-0.15, -0.1) is 0 Å². The standard InChI is InChI=1S/C25H25F9N2O2/c1-12-7-18(20(35)13-8-15(24(29,30)31)10-16(9-13)25(32,33)34)17-11-14(23(26,27)28)5-6-19(17)36(12)21(37)38-22(2,3)4/h5-6,8-12,18,20H,7,35H2,1-4H3/t12-,18-,20-/m1/s1. The SMILES string of the molecule is C[C@@H]1C[C@@H]([C@H](N)c2cc(C(F)(F)F)cc(C(F)(F)F)c2)c2cc(C(F)(F)F)ccc2N1C(=O)OC(C)(C)C. The maximum Gasteiger partial charge on any atom is 0.416 e. The molecule has 13 heteroatoms. The minimum absolute atomic E-state index is 0.0329. The van der Waals surface area contributed by atoms with Crippen molar-refractivity contribution in [2.75, 3.05) is 4.90 Å². The molecule has 3 atom stereocenters. The van der Waals surface area contributed by atoms with Crippen LogP contribution in [-0.4, -0.2) is 17.7 Å².